The molecule has 0 unspecified atom stereocenters. The summed E-state index contributed by atoms with van der Waals surface area (Å²) >= 11 is 0. The first-order valence-corrected chi connectivity index (χ1v) is 8.09. The fraction of sp³-hybridized carbons (Fsp3) is 0.0952. The van der Waals surface area contributed by atoms with Crippen molar-refractivity contribution in [1.82, 2.24) is 0 Å². The van der Waals surface area contributed by atoms with Gasteiger partial charge in [-0.15, -0.1) is 0 Å². The first-order chi connectivity index (χ1) is 12.5. The molecule has 3 N–H and O–H groups in total. The van der Waals surface area contributed by atoms with Crippen LogP contribution in [0.1, 0.15) is 17.5 Å². The van der Waals surface area contributed by atoms with E-state index in [1.807, 2.05) is 42.5 Å². The van der Waals surface area contributed by atoms with Crippen molar-refractivity contribution in [3.63, 3.8) is 0 Å². The Morgan fingerprint density at radius 3 is 2.46 bits per heavy atom. The zero-order valence-corrected chi connectivity index (χ0v) is 13.8. The Hall–Kier alpha value is -3.05. The Balaban J connectivity index is 2.12. The number of rotatable bonds is 5. The van der Waals surface area contributed by atoms with Crippen LogP contribution in [-0.4, -0.2) is 17.1 Å². The molecule has 5 heteroatoms. The lowest BCUT2D eigenvalue weighted by atomic mass is 9.93. The first kappa shape index (κ1) is 17.8. The van der Waals surface area contributed by atoms with Crippen molar-refractivity contribution in [1.29, 1.82) is 0 Å². The number of carbonyl (C=O) groups is 1. The minimum atomic E-state index is -1.14. The Bertz CT molecular complexity index is 998. The summed E-state index contributed by atoms with van der Waals surface area (Å²) in [6, 6.07) is 15.5. The highest BCUT2D eigenvalue weighted by Gasteiger charge is 2.15. The molecule has 0 aliphatic carbocycles. The number of carboxylic acids is 1. The maximum absolute atomic E-state index is 14.4. The van der Waals surface area contributed by atoms with Gasteiger partial charge in [0.2, 0.25) is 0 Å². The summed E-state index contributed by atoms with van der Waals surface area (Å²) in [5, 5.41) is 11.0. The Labute approximate surface area is 149 Å². The van der Waals surface area contributed by atoms with Gasteiger partial charge >= 0.3 is 5.97 Å². The van der Waals surface area contributed by atoms with E-state index in [2.05, 4.69) is 0 Å². The summed E-state index contributed by atoms with van der Waals surface area (Å²) in [6.45, 7) is 0. The molecule has 0 saturated carbocycles. The van der Waals surface area contributed by atoms with Crippen molar-refractivity contribution in [3.8, 4) is 0 Å². The lowest BCUT2D eigenvalue weighted by molar-refractivity contribution is -0.138. The molecule has 3 rings (SSSR count). The number of carboxylic acid groups (broad SMARTS) is 1. The SMILES string of the molecule is N[C@@H](C/C=C(/c1ccc2ccccc2c1)c1ccc(F)cc1F)C(=O)O. The van der Waals surface area contributed by atoms with Crippen LogP contribution in [0.25, 0.3) is 16.3 Å². The smallest absolute Gasteiger partial charge is 0.320 e. The quantitative estimate of drug-likeness (QED) is 0.717. The molecule has 0 aliphatic heterocycles. The van der Waals surface area contributed by atoms with Crippen molar-refractivity contribution in [2.45, 2.75) is 12.5 Å². The van der Waals surface area contributed by atoms with Gasteiger partial charge in [-0.2, -0.15) is 0 Å². The largest absolute Gasteiger partial charge is 0.480 e. The van der Waals surface area contributed by atoms with E-state index in [-0.39, 0.29) is 12.0 Å². The molecule has 0 saturated heterocycles. The average Bonchev–Trinajstić information content (AvgIpc) is 2.62. The highest BCUT2D eigenvalue weighted by molar-refractivity contribution is 5.89. The van der Waals surface area contributed by atoms with Gasteiger partial charge < -0.3 is 10.8 Å². The molecule has 0 aliphatic rings. The zero-order chi connectivity index (χ0) is 18.7. The van der Waals surface area contributed by atoms with Crippen molar-refractivity contribution in [2.24, 2.45) is 5.73 Å². The third-order valence-corrected chi connectivity index (χ3v) is 4.17. The summed E-state index contributed by atoms with van der Waals surface area (Å²) in [6.07, 6.45) is 1.60. The van der Waals surface area contributed by atoms with E-state index in [0.717, 1.165) is 16.8 Å². The van der Waals surface area contributed by atoms with Crippen molar-refractivity contribution < 1.29 is 18.7 Å². The molecule has 0 radical (unpaired) electrons. The monoisotopic (exact) mass is 353 g/mol. The van der Waals surface area contributed by atoms with Gasteiger partial charge in [0, 0.05) is 11.6 Å². The second-order valence-corrected chi connectivity index (χ2v) is 5.98. The number of hydrogen-bond donors (Lipinski definition) is 2. The Kier molecular flexibility index (Phi) is 5.09. The van der Waals surface area contributed by atoms with Gasteiger partial charge in [-0.3, -0.25) is 4.79 Å². The van der Waals surface area contributed by atoms with Crippen LogP contribution >= 0.6 is 0 Å². The van der Waals surface area contributed by atoms with Crippen LogP contribution in [-0.2, 0) is 4.79 Å². The number of aliphatic carboxylic acids is 1. The molecule has 0 bridgehead atoms. The molecule has 1 atom stereocenters. The van der Waals surface area contributed by atoms with E-state index in [4.69, 9.17) is 10.8 Å². The highest BCUT2D eigenvalue weighted by Crippen LogP contribution is 2.29. The minimum absolute atomic E-state index is 0.0221. The predicted octanol–water partition coefficient (Wildman–Crippen LogP) is 4.35. The maximum Gasteiger partial charge on any atom is 0.320 e. The van der Waals surface area contributed by atoms with E-state index in [9.17, 15) is 13.6 Å². The molecular weight excluding hydrogens is 336 g/mol. The van der Waals surface area contributed by atoms with E-state index in [0.29, 0.717) is 11.1 Å². The van der Waals surface area contributed by atoms with Gasteiger partial charge in [0.25, 0.3) is 0 Å². The molecule has 0 spiro atoms. The summed E-state index contributed by atoms with van der Waals surface area (Å²) in [7, 11) is 0. The number of fused-ring (bicyclic) bond motifs is 1. The minimum Gasteiger partial charge on any atom is -0.480 e. The predicted molar refractivity (Wildman–Crippen MR) is 97.6 cm³/mol. The molecule has 3 nitrogen and oxygen atoms in total. The second-order valence-electron chi connectivity index (χ2n) is 5.98. The third-order valence-electron chi connectivity index (χ3n) is 4.17. The fourth-order valence-electron chi connectivity index (χ4n) is 2.79. The number of hydrogen-bond acceptors (Lipinski definition) is 2. The molecule has 26 heavy (non-hydrogen) atoms. The van der Waals surface area contributed by atoms with E-state index >= 15 is 0 Å². The third kappa shape index (κ3) is 3.78. The number of halogens is 2. The van der Waals surface area contributed by atoms with E-state index < -0.39 is 23.6 Å². The molecule has 0 aromatic heterocycles. The van der Waals surface area contributed by atoms with Crippen LogP contribution in [0.2, 0.25) is 0 Å². The normalized spacial score (nSPS) is 13.0. The van der Waals surface area contributed by atoms with Crippen molar-refractivity contribution >= 4 is 22.3 Å². The summed E-state index contributed by atoms with van der Waals surface area (Å²) in [5.41, 5.74) is 6.95. The number of benzene rings is 3. The van der Waals surface area contributed by atoms with Crippen LogP contribution in [0.15, 0.2) is 66.7 Å². The van der Waals surface area contributed by atoms with Gasteiger partial charge in [-0.25, -0.2) is 8.78 Å². The highest BCUT2D eigenvalue weighted by atomic mass is 19.1. The lowest BCUT2D eigenvalue weighted by Gasteiger charge is -2.12. The average molecular weight is 353 g/mol. The van der Waals surface area contributed by atoms with Gasteiger partial charge in [0.05, 0.1) is 0 Å². The lowest BCUT2D eigenvalue weighted by Crippen LogP contribution is -2.29. The molecule has 3 aromatic carbocycles. The van der Waals surface area contributed by atoms with Crippen LogP contribution < -0.4 is 5.73 Å². The van der Waals surface area contributed by atoms with Crippen LogP contribution in [0, 0.1) is 11.6 Å². The van der Waals surface area contributed by atoms with E-state index in [1.165, 1.54) is 12.1 Å². The first-order valence-electron chi connectivity index (χ1n) is 8.09. The second kappa shape index (κ2) is 7.45. The molecule has 0 amide bonds. The molecule has 0 heterocycles. The van der Waals surface area contributed by atoms with Crippen LogP contribution in [0.4, 0.5) is 8.78 Å². The van der Waals surface area contributed by atoms with Crippen molar-refractivity contribution in [3.05, 3.63) is 89.5 Å². The summed E-state index contributed by atoms with van der Waals surface area (Å²) in [5.74, 6) is -2.53. The van der Waals surface area contributed by atoms with Crippen LogP contribution in [0.5, 0.6) is 0 Å². The molecule has 3 aromatic rings. The zero-order valence-electron chi connectivity index (χ0n) is 13.8. The van der Waals surface area contributed by atoms with Gasteiger partial charge in [0.15, 0.2) is 0 Å². The molecule has 132 valence electrons. The Morgan fingerprint density at radius 1 is 1.04 bits per heavy atom. The van der Waals surface area contributed by atoms with Gasteiger partial charge in [0.1, 0.15) is 17.7 Å². The van der Waals surface area contributed by atoms with Gasteiger partial charge in [-0.1, -0.05) is 42.5 Å². The fourth-order valence-corrected chi connectivity index (χ4v) is 2.79. The standard InChI is InChI=1S/C21H17F2NO2/c22-16-7-8-18(19(23)12-16)17(9-10-20(24)21(25)26)15-6-5-13-3-1-2-4-14(13)11-15/h1-9,11-12,20H,10,24H2,(H,25,26)/b17-9-/t20-/m0/s1. The van der Waals surface area contributed by atoms with E-state index in [1.54, 1.807) is 6.08 Å². The van der Waals surface area contributed by atoms with Gasteiger partial charge in [-0.05, 0) is 46.5 Å². The molecule has 0 fully saturated rings. The molecular formula is C21H17F2NO2. The van der Waals surface area contributed by atoms with Crippen molar-refractivity contribution in [2.75, 3.05) is 0 Å². The Morgan fingerprint density at radius 2 is 1.77 bits per heavy atom. The summed E-state index contributed by atoms with van der Waals surface area (Å²) < 4.78 is 27.6. The topological polar surface area (TPSA) is 63.3 Å². The number of nitrogens with two attached hydrogens (primary N) is 1. The summed E-state index contributed by atoms with van der Waals surface area (Å²) in [4.78, 5) is 11.0. The maximum atomic E-state index is 14.4. The van der Waals surface area contributed by atoms with Crippen LogP contribution in [0.3, 0.4) is 0 Å².